The fraction of sp³-hybridized carbons (Fsp3) is 0.167. The molecule has 1 aromatic heterocycles. The number of rotatable bonds is 3. The van der Waals surface area contributed by atoms with Crippen molar-refractivity contribution in [3.8, 4) is 5.69 Å². The number of hydrogen-bond acceptors (Lipinski definition) is 2. The van der Waals surface area contributed by atoms with Crippen LogP contribution in [0.25, 0.3) is 5.69 Å². The number of nitrogens with one attached hydrogen (secondary N) is 1. The van der Waals surface area contributed by atoms with Crippen LogP contribution >= 0.6 is 11.6 Å². The predicted octanol–water partition coefficient (Wildman–Crippen LogP) is 4.08. The van der Waals surface area contributed by atoms with Gasteiger partial charge in [-0.15, -0.1) is 0 Å². The highest BCUT2D eigenvalue weighted by atomic mass is 35.5. The smallest absolute Gasteiger partial charge is 0.133 e. The van der Waals surface area contributed by atoms with Crippen LogP contribution in [0, 0.1) is 0 Å². The van der Waals surface area contributed by atoms with E-state index in [1.54, 1.807) is 0 Å². The summed E-state index contributed by atoms with van der Waals surface area (Å²) in [6.45, 7) is 0.958. The van der Waals surface area contributed by atoms with Crippen molar-refractivity contribution in [2.45, 2.75) is 12.8 Å². The zero-order valence-electron chi connectivity index (χ0n) is 12.1. The van der Waals surface area contributed by atoms with Crippen LogP contribution in [0.2, 0.25) is 5.02 Å². The molecule has 22 heavy (non-hydrogen) atoms. The first kappa shape index (κ1) is 13.4. The van der Waals surface area contributed by atoms with Gasteiger partial charge in [0.2, 0.25) is 0 Å². The van der Waals surface area contributed by atoms with Crippen molar-refractivity contribution in [3.63, 3.8) is 0 Å². The molecule has 3 nitrogen and oxygen atoms in total. The van der Waals surface area contributed by atoms with E-state index in [1.807, 2.05) is 35.0 Å². The van der Waals surface area contributed by atoms with Gasteiger partial charge in [-0.05, 0) is 24.1 Å². The Balaban J connectivity index is 1.79. The Kier molecular flexibility index (Phi) is 3.35. The Morgan fingerprint density at radius 3 is 2.64 bits per heavy atom. The molecular formula is C18H16ClN3. The lowest BCUT2D eigenvalue weighted by Gasteiger charge is -2.08. The summed E-state index contributed by atoms with van der Waals surface area (Å²) in [6.07, 6.45) is 1.87. The van der Waals surface area contributed by atoms with E-state index in [0.717, 1.165) is 36.6 Å². The van der Waals surface area contributed by atoms with Crippen molar-refractivity contribution in [2.24, 2.45) is 0 Å². The van der Waals surface area contributed by atoms with Gasteiger partial charge in [-0.1, -0.05) is 54.1 Å². The van der Waals surface area contributed by atoms with Gasteiger partial charge in [0, 0.05) is 18.5 Å². The van der Waals surface area contributed by atoms with E-state index in [4.69, 9.17) is 16.7 Å². The molecule has 3 aromatic rings. The monoisotopic (exact) mass is 309 g/mol. The summed E-state index contributed by atoms with van der Waals surface area (Å²) in [6, 6.07) is 18.3. The van der Waals surface area contributed by atoms with Crippen molar-refractivity contribution in [1.82, 2.24) is 9.78 Å². The van der Waals surface area contributed by atoms with Gasteiger partial charge in [-0.25, -0.2) is 4.68 Å². The molecule has 0 amide bonds. The largest absolute Gasteiger partial charge is 0.369 e. The lowest BCUT2D eigenvalue weighted by atomic mass is 10.1. The molecule has 0 bridgehead atoms. The summed E-state index contributed by atoms with van der Waals surface area (Å²) < 4.78 is 1.95. The number of fused-ring (bicyclic) bond motifs is 1. The second kappa shape index (κ2) is 5.50. The summed E-state index contributed by atoms with van der Waals surface area (Å²) in [7, 11) is 0. The first-order chi connectivity index (χ1) is 10.8. The Bertz CT molecular complexity index is 808. The molecule has 0 unspecified atom stereocenters. The minimum absolute atomic E-state index is 0.716. The van der Waals surface area contributed by atoms with Crippen LogP contribution in [-0.2, 0) is 12.8 Å². The molecular weight excluding hydrogens is 294 g/mol. The van der Waals surface area contributed by atoms with E-state index in [9.17, 15) is 0 Å². The van der Waals surface area contributed by atoms with Crippen LogP contribution in [-0.4, -0.2) is 16.3 Å². The number of benzene rings is 2. The fourth-order valence-corrected chi connectivity index (χ4v) is 3.19. The standard InChI is InChI=1S/C18H16ClN3/c19-15-8-4-5-9-17(15)22-18-14(10-11-20-18)16(21-22)12-13-6-2-1-3-7-13/h1-9,20H,10-12H2. The van der Waals surface area contributed by atoms with E-state index in [2.05, 4.69) is 29.6 Å². The molecule has 4 heteroatoms. The Morgan fingerprint density at radius 1 is 1.05 bits per heavy atom. The molecule has 2 heterocycles. The van der Waals surface area contributed by atoms with E-state index in [-0.39, 0.29) is 0 Å². The molecule has 0 atom stereocenters. The molecule has 1 aliphatic heterocycles. The summed E-state index contributed by atoms with van der Waals surface area (Å²) in [5.74, 6) is 1.08. The van der Waals surface area contributed by atoms with Gasteiger partial charge in [-0.3, -0.25) is 0 Å². The maximum absolute atomic E-state index is 6.34. The van der Waals surface area contributed by atoms with Crippen molar-refractivity contribution in [1.29, 1.82) is 0 Å². The van der Waals surface area contributed by atoms with Gasteiger partial charge in [0.05, 0.1) is 16.4 Å². The molecule has 0 saturated heterocycles. The summed E-state index contributed by atoms with van der Waals surface area (Å²) in [5.41, 5.74) is 4.64. The zero-order valence-corrected chi connectivity index (χ0v) is 12.8. The molecule has 1 aliphatic rings. The SMILES string of the molecule is Clc1ccccc1-n1nc(Cc2ccccc2)c2c1NCC2. The predicted molar refractivity (Wildman–Crippen MR) is 90.0 cm³/mol. The molecule has 0 spiro atoms. The maximum Gasteiger partial charge on any atom is 0.133 e. The first-order valence-electron chi connectivity index (χ1n) is 7.46. The van der Waals surface area contributed by atoms with Crippen molar-refractivity contribution in [2.75, 3.05) is 11.9 Å². The van der Waals surface area contributed by atoms with Crippen LogP contribution in [0.3, 0.4) is 0 Å². The topological polar surface area (TPSA) is 29.9 Å². The first-order valence-corrected chi connectivity index (χ1v) is 7.84. The molecule has 4 rings (SSSR count). The molecule has 2 aromatic carbocycles. The number of halogens is 1. The fourth-order valence-electron chi connectivity index (χ4n) is 2.97. The highest BCUT2D eigenvalue weighted by Crippen LogP contribution is 2.32. The third kappa shape index (κ3) is 2.28. The van der Waals surface area contributed by atoms with Gasteiger partial charge in [0.25, 0.3) is 0 Å². The lowest BCUT2D eigenvalue weighted by molar-refractivity contribution is 0.840. The van der Waals surface area contributed by atoms with Crippen LogP contribution in [0.5, 0.6) is 0 Å². The lowest BCUT2D eigenvalue weighted by Crippen LogP contribution is -2.05. The maximum atomic E-state index is 6.34. The molecule has 0 radical (unpaired) electrons. The van der Waals surface area contributed by atoms with Gasteiger partial charge in [-0.2, -0.15) is 5.10 Å². The summed E-state index contributed by atoms with van der Waals surface area (Å²) >= 11 is 6.34. The number of nitrogens with zero attached hydrogens (tertiary/aromatic N) is 2. The Morgan fingerprint density at radius 2 is 1.82 bits per heavy atom. The second-order valence-corrected chi connectivity index (χ2v) is 5.88. The van der Waals surface area contributed by atoms with Crippen LogP contribution in [0.15, 0.2) is 54.6 Å². The summed E-state index contributed by atoms with van der Waals surface area (Å²) in [5, 5.41) is 8.99. The third-order valence-corrected chi connectivity index (χ3v) is 4.35. The van der Waals surface area contributed by atoms with Crippen LogP contribution in [0.4, 0.5) is 5.82 Å². The average molecular weight is 310 g/mol. The van der Waals surface area contributed by atoms with Crippen molar-refractivity contribution < 1.29 is 0 Å². The highest BCUT2D eigenvalue weighted by Gasteiger charge is 2.23. The van der Waals surface area contributed by atoms with Gasteiger partial charge < -0.3 is 5.32 Å². The minimum atomic E-state index is 0.716. The minimum Gasteiger partial charge on any atom is -0.369 e. The highest BCUT2D eigenvalue weighted by molar-refractivity contribution is 6.32. The Labute approximate surface area is 134 Å². The second-order valence-electron chi connectivity index (χ2n) is 5.48. The molecule has 110 valence electrons. The van der Waals surface area contributed by atoms with Gasteiger partial charge >= 0.3 is 0 Å². The zero-order chi connectivity index (χ0) is 14.9. The molecule has 1 N–H and O–H groups in total. The normalized spacial score (nSPS) is 13.0. The van der Waals surface area contributed by atoms with E-state index in [1.165, 1.54) is 11.1 Å². The molecule has 0 aliphatic carbocycles. The number of hydrogen-bond donors (Lipinski definition) is 1. The number of anilines is 1. The number of para-hydroxylation sites is 1. The van der Waals surface area contributed by atoms with Gasteiger partial charge in [0.1, 0.15) is 5.82 Å². The molecule has 0 saturated carbocycles. The van der Waals surface area contributed by atoms with Gasteiger partial charge in [0.15, 0.2) is 0 Å². The van der Waals surface area contributed by atoms with Crippen LogP contribution in [0.1, 0.15) is 16.8 Å². The van der Waals surface area contributed by atoms with Crippen LogP contribution < -0.4 is 5.32 Å². The quantitative estimate of drug-likeness (QED) is 0.790. The summed E-state index contributed by atoms with van der Waals surface area (Å²) in [4.78, 5) is 0. The third-order valence-electron chi connectivity index (χ3n) is 4.03. The molecule has 0 fully saturated rings. The number of aromatic nitrogens is 2. The van der Waals surface area contributed by atoms with E-state index >= 15 is 0 Å². The van der Waals surface area contributed by atoms with E-state index < -0.39 is 0 Å². The van der Waals surface area contributed by atoms with Crippen molar-refractivity contribution >= 4 is 17.4 Å². The average Bonchev–Trinajstić information content (AvgIpc) is 3.13. The van der Waals surface area contributed by atoms with Crippen molar-refractivity contribution in [3.05, 3.63) is 76.4 Å². The Hall–Kier alpha value is -2.26. The van der Waals surface area contributed by atoms with E-state index in [0.29, 0.717) is 5.02 Å².